The van der Waals surface area contributed by atoms with Crippen molar-refractivity contribution in [1.29, 1.82) is 0 Å². The highest BCUT2D eigenvalue weighted by Gasteiger charge is 2.21. The number of fused-ring (bicyclic) bond motifs is 1. The van der Waals surface area contributed by atoms with E-state index in [-0.39, 0.29) is 5.82 Å². The van der Waals surface area contributed by atoms with E-state index in [0.717, 1.165) is 11.3 Å². The van der Waals surface area contributed by atoms with Gasteiger partial charge < -0.3 is 14.5 Å². The minimum atomic E-state index is -0.837. The van der Waals surface area contributed by atoms with Crippen LogP contribution in [-0.4, -0.2) is 34.9 Å². The van der Waals surface area contributed by atoms with E-state index in [4.69, 9.17) is 6.57 Å². The Bertz CT molecular complexity index is 1210. The van der Waals surface area contributed by atoms with Crippen molar-refractivity contribution in [3.8, 4) is 22.6 Å². The second-order valence-corrected chi connectivity index (χ2v) is 7.42. The lowest BCUT2D eigenvalue weighted by Gasteiger charge is -2.18. The van der Waals surface area contributed by atoms with Crippen LogP contribution in [0, 0.1) is 12.4 Å². The summed E-state index contributed by atoms with van der Waals surface area (Å²) in [5.41, 5.74) is 2.47. The first-order valence-electron chi connectivity index (χ1n) is 9.12. The normalized spacial score (nSPS) is 11.7. The van der Waals surface area contributed by atoms with Gasteiger partial charge in [-0.25, -0.2) is 14.4 Å². The Kier molecular flexibility index (Phi) is 4.60. The molecule has 0 spiro atoms. The van der Waals surface area contributed by atoms with Crippen LogP contribution >= 0.6 is 0 Å². The van der Waals surface area contributed by atoms with Crippen LogP contribution in [0.25, 0.3) is 33.1 Å². The van der Waals surface area contributed by atoms with Crippen LogP contribution in [0.4, 0.5) is 10.2 Å². The Morgan fingerprint density at radius 2 is 1.90 bits per heavy atom. The van der Waals surface area contributed by atoms with E-state index < -0.39 is 5.60 Å². The van der Waals surface area contributed by atoms with Crippen LogP contribution in [0.15, 0.2) is 48.9 Å². The van der Waals surface area contributed by atoms with Gasteiger partial charge in [-0.2, -0.15) is 0 Å². The summed E-state index contributed by atoms with van der Waals surface area (Å²) in [6.07, 6.45) is 3.68. The number of aryl methyl sites for hydroxylation is 1. The van der Waals surface area contributed by atoms with Crippen molar-refractivity contribution >= 4 is 11.5 Å². The molecule has 8 heteroatoms. The summed E-state index contributed by atoms with van der Waals surface area (Å²) in [4.78, 5) is 12.2. The standard InChI is InChI=1S/C21H19FN6O/c1-21(2,29)10-11-27-13-25-19(14-4-6-15(22)7-5-14)20(27)16-8-9-17-24-12-18(23-3)28(17)26-16/h4-9,12-13,29H,10-11H2,1-2H3. The molecule has 1 aromatic carbocycles. The molecule has 0 fully saturated rings. The molecule has 0 aliphatic heterocycles. The maximum absolute atomic E-state index is 13.4. The van der Waals surface area contributed by atoms with Crippen LogP contribution in [-0.2, 0) is 6.54 Å². The monoisotopic (exact) mass is 390 g/mol. The zero-order valence-corrected chi connectivity index (χ0v) is 16.0. The molecule has 146 valence electrons. The zero-order chi connectivity index (χ0) is 20.6. The first kappa shape index (κ1) is 18.8. The molecular weight excluding hydrogens is 371 g/mol. The van der Waals surface area contributed by atoms with Gasteiger partial charge in [0.1, 0.15) is 11.5 Å². The van der Waals surface area contributed by atoms with Gasteiger partial charge in [0.15, 0.2) is 0 Å². The summed E-state index contributed by atoms with van der Waals surface area (Å²) in [6.45, 7) is 11.3. The Labute approximate surface area is 166 Å². The fraction of sp³-hybridized carbons (Fsp3) is 0.238. The number of benzene rings is 1. The molecule has 4 aromatic rings. The van der Waals surface area contributed by atoms with E-state index in [0.29, 0.717) is 35.8 Å². The van der Waals surface area contributed by atoms with Crippen molar-refractivity contribution in [2.75, 3.05) is 0 Å². The topological polar surface area (TPSA) is 72.6 Å². The Morgan fingerprint density at radius 1 is 1.14 bits per heavy atom. The Balaban J connectivity index is 1.88. The fourth-order valence-electron chi connectivity index (χ4n) is 3.10. The Morgan fingerprint density at radius 3 is 2.59 bits per heavy atom. The van der Waals surface area contributed by atoms with Gasteiger partial charge in [-0.1, -0.05) is 11.7 Å². The molecule has 3 aromatic heterocycles. The summed E-state index contributed by atoms with van der Waals surface area (Å²) < 4.78 is 16.8. The van der Waals surface area contributed by atoms with E-state index in [1.165, 1.54) is 22.8 Å². The van der Waals surface area contributed by atoms with Crippen molar-refractivity contribution in [2.24, 2.45) is 0 Å². The highest BCUT2D eigenvalue weighted by Crippen LogP contribution is 2.31. The highest BCUT2D eigenvalue weighted by molar-refractivity contribution is 5.77. The summed E-state index contributed by atoms with van der Waals surface area (Å²) in [7, 11) is 0. The average Bonchev–Trinajstić information content (AvgIpc) is 3.29. The zero-order valence-electron chi connectivity index (χ0n) is 16.0. The second-order valence-electron chi connectivity index (χ2n) is 7.42. The van der Waals surface area contributed by atoms with Crippen LogP contribution < -0.4 is 0 Å². The molecule has 0 saturated carbocycles. The van der Waals surface area contributed by atoms with Gasteiger partial charge in [-0.05, 0) is 50.6 Å². The number of hydrogen-bond acceptors (Lipinski definition) is 4. The summed E-state index contributed by atoms with van der Waals surface area (Å²) in [5.74, 6) is -0.0100. The van der Waals surface area contributed by atoms with E-state index in [9.17, 15) is 9.50 Å². The third-order valence-corrected chi connectivity index (χ3v) is 4.62. The largest absolute Gasteiger partial charge is 0.390 e. The maximum Gasteiger partial charge on any atom is 0.275 e. The minimum Gasteiger partial charge on any atom is -0.390 e. The van der Waals surface area contributed by atoms with Gasteiger partial charge in [0.2, 0.25) is 5.65 Å². The molecular formula is C21H19FN6O. The van der Waals surface area contributed by atoms with Crippen LogP contribution in [0.2, 0.25) is 0 Å². The molecule has 4 rings (SSSR count). The number of nitrogens with zero attached hydrogens (tertiary/aromatic N) is 6. The van der Waals surface area contributed by atoms with E-state index in [1.807, 2.05) is 10.6 Å². The lowest BCUT2D eigenvalue weighted by atomic mass is 10.1. The number of rotatable bonds is 5. The molecule has 1 N–H and O–H groups in total. The van der Waals surface area contributed by atoms with Gasteiger partial charge >= 0.3 is 0 Å². The fourth-order valence-corrected chi connectivity index (χ4v) is 3.10. The molecule has 0 atom stereocenters. The Hall–Kier alpha value is -3.57. The maximum atomic E-state index is 13.4. The lowest BCUT2D eigenvalue weighted by molar-refractivity contribution is 0.0663. The summed E-state index contributed by atoms with van der Waals surface area (Å²) in [5, 5.41) is 14.7. The third kappa shape index (κ3) is 3.73. The number of imidazole rings is 2. The lowest BCUT2D eigenvalue weighted by Crippen LogP contribution is -2.21. The van der Waals surface area contributed by atoms with Gasteiger partial charge in [0.05, 0.1) is 29.5 Å². The minimum absolute atomic E-state index is 0.313. The van der Waals surface area contributed by atoms with E-state index in [1.54, 1.807) is 38.4 Å². The highest BCUT2D eigenvalue weighted by atomic mass is 19.1. The smallest absolute Gasteiger partial charge is 0.275 e. The molecule has 0 aliphatic rings. The van der Waals surface area contributed by atoms with Gasteiger partial charge in [0.25, 0.3) is 5.82 Å². The first-order chi connectivity index (χ1) is 13.9. The van der Waals surface area contributed by atoms with Gasteiger partial charge in [-0.15, -0.1) is 4.52 Å². The molecule has 0 unspecified atom stereocenters. The van der Waals surface area contributed by atoms with Crippen molar-refractivity contribution in [2.45, 2.75) is 32.4 Å². The molecule has 0 bridgehead atoms. The molecule has 29 heavy (non-hydrogen) atoms. The van der Waals surface area contributed by atoms with E-state index >= 15 is 0 Å². The summed E-state index contributed by atoms with van der Waals surface area (Å²) >= 11 is 0. The SMILES string of the molecule is [C-]#[N+]c1cnc2ccc(-c3c(-c4ccc(F)cc4)ncn3CCC(C)(C)O)nn12. The first-order valence-corrected chi connectivity index (χ1v) is 9.12. The number of aromatic nitrogens is 5. The van der Waals surface area contributed by atoms with Gasteiger partial charge in [0, 0.05) is 18.2 Å². The number of hydrogen-bond donors (Lipinski definition) is 1. The van der Waals surface area contributed by atoms with Gasteiger partial charge in [-0.3, -0.25) is 0 Å². The van der Waals surface area contributed by atoms with Crippen molar-refractivity contribution in [1.82, 2.24) is 24.1 Å². The predicted octanol–water partition coefficient (Wildman–Crippen LogP) is 4.11. The quantitative estimate of drug-likeness (QED) is 0.521. The summed E-state index contributed by atoms with van der Waals surface area (Å²) in [6, 6.07) is 9.72. The molecule has 7 nitrogen and oxygen atoms in total. The molecule has 0 radical (unpaired) electrons. The predicted molar refractivity (Wildman–Crippen MR) is 107 cm³/mol. The van der Waals surface area contributed by atoms with Crippen molar-refractivity contribution in [3.05, 3.63) is 66.2 Å². The third-order valence-electron chi connectivity index (χ3n) is 4.62. The second kappa shape index (κ2) is 7.11. The van der Waals surface area contributed by atoms with Crippen LogP contribution in [0.3, 0.4) is 0 Å². The molecule has 0 aliphatic carbocycles. The van der Waals surface area contributed by atoms with Crippen molar-refractivity contribution in [3.63, 3.8) is 0 Å². The van der Waals surface area contributed by atoms with Crippen LogP contribution in [0.5, 0.6) is 0 Å². The molecule has 3 heterocycles. The van der Waals surface area contributed by atoms with E-state index in [2.05, 4.69) is 19.9 Å². The van der Waals surface area contributed by atoms with Crippen molar-refractivity contribution < 1.29 is 9.50 Å². The number of aliphatic hydroxyl groups is 1. The molecule has 0 saturated heterocycles. The molecule has 0 amide bonds. The average molecular weight is 390 g/mol. The number of halogens is 1. The van der Waals surface area contributed by atoms with Crippen LogP contribution in [0.1, 0.15) is 20.3 Å².